The fraction of sp³-hybridized carbons (Fsp3) is 0.600. The second kappa shape index (κ2) is 12.1. The van der Waals surface area contributed by atoms with Crippen molar-refractivity contribution in [3.8, 4) is 11.1 Å². The van der Waals surface area contributed by atoms with E-state index in [1.807, 2.05) is 19.1 Å². The lowest BCUT2D eigenvalue weighted by Gasteiger charge is -2.38. The van der Waals surface area contributed by atoms with Gasteiger partial charge in [0.15, 0.2) is 0 Å². The Morgan fingerprint density at radius 2 is 1.39 bits per heavy atom. The summed E-state index contributed by atoms with van der Waals surface area (Å²) in [4.78, 5) is 0. The second-order valence-electron chi connectivity index (χ2n) is 10.1. The summed E-state index contributed by atoms with van der Waals surface area (Å²) in [7, 11) is 0. The molecule has 2 aromatic carbocycles. The highest BCUT2D eigenvalue weighted by Gasteiger charge is 2.34. The van der Waals surface area contributed by atoms with Crippen molar-refractivity contribution in [1.82, 2.24) is 0 Å². The second-order valence-corrected chi connectivity index (χ2v) is 10.1. The van der Waals surface area contributed by atoms with Gasteiger partial charge in [-0.05, 0) is 59.9 Å². The molecule has 0 nitrogen and oxygen atoms in total. The Morgan fingerprint density at radius 3 is 2.03 bits per heavy atom. The number of hydrogen-bond acceptors (Lipinski definition) is 0. The highest BCUT2D eigenvalue weighted by molar-refractivity contribution is 5.64. The molecule has 0 N–H and O–H groups in total. The van der Waals surface area contributed by atoms with E-state index < -0.39 is 17.3 Å². The summed E-state index contributed by atoms with van der Waals surface area (Å²) in [5, 5.41) is 0. The van der Waals surface area contributed by atoms with E-state index in [9.17, 15) is 13.2 Å². The standard InChI is InChI=1S/C30H41F3/c1-3-5-7-8-10-19-29(20-11-9-12-21-29)26-16-13-24(14-17-26)25-15-18-27(28(31)23-25)30(32,33)22-6-4-2/h13-18,23H,3-12,19-22H2,1-2H3. The Morgan fingerprint density at radius 1 is 0.758 bits per heavy atom. The van der Waals surface area contributed by atoms with E-state index in [-0.39, 0.29) is 11.8 Å². The molecule has 3 rings (SSSR count). The fourth-order valence-corrected chi connectivity index (χ4v) is 5.52. The largest absolute Gasteiger partial charge is 0.276 e. The molecular formula is C30H41F3. The molecule has 0 unspecified atom stereocenters. The Bertz CT molecular complexity index is 847. The Balaban J connectivity index is 1.75. The Hall–Kier alpha value is -1.77. The lowest BCUT2D eigenvalue weighted by molar-refractivity contribution is -0.0187. The molecular weight excluding hydrogens is 417 g/mol. The molecule has 0 aromatic heterocycles. The zero-order chi connectivity index (χ0) is 23.7. The van der Waals surface area contributed by atoms with Gasteiger partial charge in [-0.15, -0.1) is 0 Å². The van der Waals surface area contributed by atoms with Gasteiger partial charge >= 0.3 is 0 Å². The van der Waals surface area contributed by atoms with Gasteiger partial charge in [0.1, 0.15) is 5.82 Å². The zero-order valence-electron chi connectivity index (χ0n) is 20.6. The fourth-order valence-electron chi connectivity index (χ4n) is 5.52. The summed E-state index contributed by atoms with van der Waals surface area (Å²) in [5.74, 6) is -3.93. The van der Waals surface area contributed by atoms with E-state index in [0.717, 1.165) is 5.56 Å². The molecule has 33 heavy (non-hydrogen) atoms. The van der Waals surface area contributed by atoms with Crippen LogP contribution in [0.4, 0.5) is 13.2 Å². The van der Waals surface area contributed by atoms with E-state index in [0.29, 0.717) is 18.4 Å². The maximum absolute atomic E-state index is 14.6. The first kappa shape index (κ1) is 25.8. The van der Waals surface area contributed by atoms with Gasteiger partial charge in [-0.1, -0.05) is 102 Å². The lowest BCUT2D eigenvalue weighted by atomic mass is 9.66. The molecule has 0 amide bonds. The Kier molecular flexibility index (Phi) is 9.47. The summed E-state index contributed by atoms with van der Waals surface area (Å²) < 4.78 is 43.4. The van der Waals surface area contributed by atoms with Crippen LogP contribution in [0, 0.1) is 5.82 Å². The molecule has 0 saturated heterocycles. The first-order chi connectivity index (χ1) is 15.9. The van der Waals surface area contributed by atoms with Gasteiger partial charge in [-0.25, -0.2) is 13.2 Å². The van der Waals surface area contributed by atoms with Crippen LogP contribution in [0.1, 0.15) is 115 Å². The normalized spacial score (nSPS) is 16.2. The highest BCUT2D eigenvalue weighted by atomic mass is 19.3. The predicted molar refractivity (Wildman–Crippen MR) is 133 cm³/mol. The molecule has 0 radical (unpaired) electrons. The minimum Gasteiger partial charge on any atom is -0.206 e. The van der Waals surface area contributed by atoms with Crippen molar-refractivity contribution in [3.63, 3.8) is 0 Å². The van der Waals surface area contributed by atoms with Crippen LogP contribution in [0.25, 0.3) is 11.1 Å². The minimum absolute atomic E-state index is 0.263. The van der Waals surface area contributed by atoms with Crippen molar-refractivity contribution in [2.75, 3.05) is 0 Å². The van der Waals surface area contributed by atoms with Gasteiger partial charge in [0, 0.05) is 6.42 Å². The molecule has 0 aliphatic heterocycles. The lowest BCUT2D eigenvalue weighted by Crippen LogP contribution is -2.29. The SMILES string of the molecule is CCCCCCCC1(c2ccc(-c3ccc(C(F)(F)CCCC)c(F)c3)cc2)CCCCC1. The quantitative estimate of drug-likeness (QED) is 0.277. The van der Waals surface area contributed by atoms with Crippen LogP contribution in [-0.4, -0.2) is 0 Å². The number of alkyl halides is 2. The average molecular weight is 459 g/mol. The Labute approximate surface area is 199 Å². The maximum atomic E-state index is 14.6. The topological polar surface area (TPSA) is 0 Å². The van der Waals surface area contributed by atoms with E-state index >= 15 is 0 Å². The molecule has 1 fully saturated rings. The molecule has 0 bridgehead atoms. The summed E-state index contributed by atoms with van der Waals surface area (Å²) in [6.07, 6.45) is 14.9. The molecule has 1 saturated carbocycles. The predicted octanol–water partition coefficient (Wildman–Crippen LogP) is 10.3. The molecule has 0 heterocycles. The van der Waals surface area contributed by atoms with E-state index in [1.54, 1.807) is 6.07 Å². The first-order valence-corrected chi connectivity index (χ1v) is 13.2. The monoisotopic (exact) mass is 458 g/mol. The van der Waals surface area contributed by atoms with Gasteiger partial charge in [-0.3, -0.25) is 0 Å². The molecule has 182 valence electrons. The van der Waals surface area contributed by atoms with E-state index in [2.05, 4.69) is 19.1 Å². The van der Waals surface area contributed by atoms with E-state index in [1.165, 1.54) is 88.3 Å². The summed E-state index contributed by atoms with van der Waals surface area (Å²) in [6, 6.07) is 12.7. The van der Waals surface area contributed by atoms with Crippen LogP contribution in [0.15, 0.2) is 42.5 Å². The molecule has 1 aliphatic rings. The van der Waals surface area contributed by atoms with Crippen molar-refractivity contribution in [1.29, 1.82) is 0 Å². The first-order valence-electron chi connectivity index (χ1n) is 13.2. The third-order valence-corrected chi connectivity index (χ3v) is 7.61. The van der Waals surface area contributed by atoms with Crippen LogP contribution < -0.4 is 0 Å². The number of rotatable bonds is 12. The van der Waals surface area contributed by atoms with Gasteiger partial charge in [0.25, 0.3) is 5.92 Å². The molecule has 0 atom stereocenters. The average Bonchev–Trinajstić information content (AvgIpc) is 2.83. The third-order valence-electron chi connectivity index (χ3n) is 7.61. The van der Waals surface area contributed by atoms with Crippen LogP contribution in [0.5, 0.6) is 0 Å². The summed E-state index contributed by atoms with van der Waals surface area (Å²) in [5.41, 5.74) is 2.71. The highest BCUT2D eigenvalue weighted by Crippen LogP contribution is 2.44. The molecule has 2 aromatic rings. The van der Waals surface area contributed by atoms with Crippen molar-refractivity contribution >= 4 is 0 Å². The van der Waals surface area contributed by atoms with Gasteiger partial charge < -0.3 is 0 Å². The molecule has 1 aliphatic carbocycles. The van der Waals surface area contributed by atoms with Crippen molar-refractivity contribution in [3.05, 3.63) is 59.4 Å². The van der Waals surface area contributed by atoms with Crippen LogP contribution in [0.2, 0.25) is 0 Å². The molecule has 0 spiro atoms. The van der Waals surface area contributed by atoms with Gasteiger partial charge in [0.05, 0.1) is 5.56 Å². The summed E-state index contributed by atoms with van der Waals surface area (Å²) in [6.45, 7) is 4.12. The van der Waals surface area contributed by atoms with E-state index in [4.69, 9.17) is 0 Å². The number of hydrogen-bond donors (Lipinski definition) is 0. The van der Waals surface area contributed by atoms with Crippen LogP contribution in [0.3, 0.4) is 0 Å². The molecule has 3 heteroatoms. The minimum atomic E-state index is -3.12. The van der Waals surface area contributed by atoms with Gasteiger partial charge in [-0.2, -0.15) is 0 Å². The maximum Gasteiger partial charge on any atom is 0.276 e. The smallest absolute Gasteiger partial charge is 0.206 e. The summed E-state index contributed by atoms with van der Waals surface area (Å²) >= 11 is 0. The van der Waals surface area contributed by atoms with Crippen molar-refractivity contribution in [2.24, 2.45) is 0 Å². The number of halogens is 3. The van der Waals surface area contributed by atoms with Crippen LogP contribution in [-0.2, 0) is 11.3 Å². The van der Waals surface area contributed by atoms with Crippen LogP contribution >= 0.6 is 0 Å². The van der Waals surface area contributed by atoms with Gasteiger partial charge in [0.2, 0.25) is 0 Å². The number of unbranched alkanes of at least 4 members (excludes halogenated alkanes) is 5. The van der Waals surface area contributed by atoms with Crippen molar-refractivity contribution < 1.29 is 13.2 Å². The number of benzene rings is 2. The van der Waals surface area contributed by atoms with Crippen molar-refractivity contribution in [2.45, 2.75) is 115 Å². The third kappa shape index (κ3) is 6.64. The zero-order valence-corrected chi connectivity index (χ0v) is 20.6.